The summed E-state index contributed by atoms with van der Waals surface area (Å²) in [5.74, 6) is 0. The average Bonchev–Trinajstić information content (AvgIpc) is 1.00. The zero-order chi connectivity index (χ0) is 2.00. The molecule has 0 unspecified atom stereocenters. The van der Waals surface area contributed by atoms with Gasteiger partial charge in [0, 0.05) is 44.8 Å². The molecule has 0 fully saturated rings. The van der Waals surface area contributed by atoms with E-state index in [1.807, 2.05) is 0 Å². The van der Waals surface area contributed by atoms with Crippen LogP contribution in [0.3, 0.4) is 0 Å². The van der Waals surface area contributed by atoms with Crippen molar-refractivity contribution in [3.05, 3.63) is 0 Å². The summed E-state index contributed by atoms with van der Waals surface area (Å²) >= 11 is 0. The predicted octanol–water partition coefficient (Wildman–Crippen LogP) is -0.279. The fourth-order valence-corrected chi connectivity index (χ4v) is 0. The first-order valence-corrected chi connectivity index (χ1v) is 0.236. The third kappa shape index (κ3) is 11.0. The van der Waals surface area contributed by atoms with Gasteiger partial charge in [0.2, 0.25) is 0 Å². The van der Waals surface area contributed by atoms with Gasteiger partial charge >= 0.3 is 0 Å². The molecule has 0 aliphatic rings. The van der Waals surface area contributed by atoms with E-state index in [0.717, 1.165) is 0 Å². The van der Waals surface area contributed by atoms with Crippen molar-refractivity contribution < 1.29 is 49.6 Å². The Bertz CT molecular complexity index is 6.00. The van der Waals surface area contributed by atoms with Gasteiger partial charge < -0.3 is 4.79 Å². The molecule has 0 atom stereocenters. The standard InChI is InChI=1S/CHO.2Ta/c1-2;;/h1H;;/q-1;;. The molecule has 3 heteroatoms. The molecule has 0 saturated heterocycles. The second kappa shape index (κ2) is 31.1. The maximum Gasteiger partial charge on any atom is 0 e. The van der Waals surface area contributed by atoms with E-state index in [-0.39, 0.29) is 44.8 Å². The van der Waals surface area contributed by atoms with Crippen LogP contribution in [0, 0.1) is 0 Å². The molecule has 0 aromatic rings. The molecule has 22 valence electrons. The van der Waals surface area contributed by atoms with E-state index in [2.05, 4.69) is 6.79 Å². The van der Waals surface area contributed by atoms with Crippen molar-refractivity contribution in [2.24, 2.45) is 0 Å². The van der Waals surface area contributed by atoms with Crippen molar-refractivity contribution in [1.82, 2.24) is 0 Å². The molecule has 0 rings (SSSR count). The molecule has 2 radical (unpaired) electrons. The Hall–Kier alpha value is 1.15. The summed E-state index contributed by atoms with van der Waals surface area (Å²) in [4.78, 5) is 7.75. The van der Waals surface area contributed by atoms with Crippen LogP contribution in [-0.2, 0) is 49.6 Å². The number of hydrogen-bond acceptors (Lipinski definition) is 1. The number of rotatable bonds is 0. The van der Waals surface area contributed by atoms with Crippen LogP contribution in [0.2, 0.25) is 0 Å². The normalized spacial score (nSPS) is 1.00. The van der Waals surface area contributed by atoms with E-state index >= 15 is 0 Å². The molecule has 0 saturated carbocycles. The van der Waals surface area contributed by atoms with E-state index in [4.69, 9.17) is 4.79 Å². The van der Waals surface area contributed by atoms with Gasteiger partial charge in [0.15, 0.2) is 0 Å². The Morgan fingerprint density at radius 1 is 1.00 bits per heavy atom. The van der Waals surface area contributed by atoms with Crippen LogP contribution in [0.25, 0.3) is 0 Å². The van der Waals surface area contributed by atoms with E-state index in [1.165, 1.54) is 0 Å². The average molecular weight is 391 g/mol. The summed E-state index contributed by atoms with van der Waals surface area (Å²) < 4.78 is 0. The topological polar surface area (TPSA) is 17.1 Å². The Labute approximate surface area is 56.2 Å². The minimum Gasteiger partial charge on any atom is -0.545 e. The van der Waals surface area contributed by atoms with Gasteiger partial charge in [-0.15, -0.1) is 0 Å². The van der Waals surface area contributed by atoms with Crippen molar-refractivity contribution in [2.45, 2.75) is 0 Å². The number of hydrogen-bond donors (Lipinski definition) is 0. The van der Waals surface area contributed by atoms with Crippen LogP contribution in [-0.4, -0.2) is 6.79 Å². The summed E-state index contributed by atoms with van der Waals surface area (Å²) in [6.07, 6.45) is 0. The van der Waals surface area contributed by atoms with E-state index in [1.54, 1.807) is 0 Å². The summed E-state index contributed by atoms with van der Waals surface area (Å²) in [6.45, 7) is 3.25. The molecule has 0 aliphatic carbocycles. The van der Waals surface area contributed by atoms with Gasteiger partial charge in [-0.2, -0.15) is 0 Å². The second-order valence-corrected chi connectivity index (χ2v) is 0. The van der Waals surface area contributed by atoms with Crippen molar-refractivity contribution in [3.63, 3.8) is 0 Å². The van der Waals surface area contributed by atoms with Crippen molar-refractivity contribution in [3.8, 4) is 0 Å². The second-order valence-electron chi connectivity index (χ2n) is 0. The van der Waals surface area contributed by atoms with E-state index in [0.29, 0.717) is 0 Å². The summed E-state index contributed by atoms with van der Waals surface area (Å²) in [5, 5.41) is 0. The molecular formula is CHOTa2-. The zero-order valence-corrected chi connectivity index (χ0v) is 8.31. The molecule has 0 spiro atoms. The summed E-state index contributed by atoms with van der Waals surface area (Å²) in [7, 11) is 0. The fourth-order valence-electron chi connectivity index (χ4n) is 0. The van der Waals surface area contributed by atoms with Crippen LogP contribution in [0.4, 0.5) is 0 Å². The molecule has 0 bridgehead atoms. The van der Waals surface area contributed by atoms with Gasteiger partial charge in [0.25, 0.3) is 0 Å². The van der Waals surface area contributed by atoms with Gasteiger partial charge in [-0.3, -0.25) is 6.79 Å². The number of carbonyl (C=O) groups excluding carboxylic acids is 1. The van der Waals surface area contributed by atoms with Crippen LogP contribution in [0.15, 0.2) is 0 Å². The molecule has 0 aromatic heterocycles. The maximum absolute atomic E-state index is 7.75. The third-order valence-corrected chi connectivity index (χ3v) is 0. The smallest absolute Gasteiger partial charge is 0 e. The van der Waals surface area contributed by atoms with Gasteiger partial charge in [-0.1, -0.05) is 0 Å². The van der Waals surface area contributed by atoms with Crippen LogP contribution in [0.5, 0.6) is 0 Å². The van der Waals surface area contributed by atoms with Gasteiger partial charge in [-0.05, 0) is 0 Å². The predicted molar refractivity (Wildman–Crippen MR) is 6.75 cm³/mol. The molecule has 0 heterocycles. The Balaban J connectivity index is -0.00000000500. The van der Waals surface area contributed by atoms with Gasteiger partial charge in [-0.25, -0.2) is 0 Å². The van der Waals surface area contributed by atoms with E-state index in [9.17, 15) is 0 Å². The fraction of sp³-hybridized carbons (Fsp3) is 0. The summed E-state index contributed by atoms with van der Waals surface area (Å²) in [6, 6.07) is 0. The minimum absolute atomic E-state index is 0. The largest absolute Gasteiger partial charge is 0.545 e. The zero-order valence-electron chi connectivity index (χ0n) is 1.88. The summed E-state index contributed by atoms with van der Waals surface area (Å²) in [5.41, 5.74) is 0. The monoisotopic (exact) mass is 391 g/mol. The van der Waals surface area contributed by atoms with Crippen molar-refractivity contribution in [1.29, 1.82) is 0 Å². The van der Waals surface area contributed by atoms with Crippen LogP contribution >= 0.6 is 0 Å². The molecule has 0 aromatic carbocycles. The molecular weight excluding hydrogens is 390 g/mol. The van der Waals surface area contributed by atoms with Gasteiger partial charge in [0.1, 0.15) is 0 Å². The SMILES string of the molecule is [CH-]=O.[Ta].[Ta]. The van der Waals surface area contributed by atoms with Crippen molar-refractivity contribution >= 4 is 6.79 Å². The molecule has 4 heavy (non-hydrogen) atoms. The van der Waals surface area contributed by atoms with Crippen molar-refractivity contribution in [2.75, 3.05) is 0 Å². The Morgan fingerprint density at radius 2 is 1.00 bits per heavy atom. The molecule has 0 aliphatic heterocycles. The van der Waals surface area contributed by atoms with Crippen LogP contribution < -0.4 is 0 Å². The van der Waals surface area contributed by atoms with E-state index < -0.39 is 0 Å². The molecule has 0 amide bonds. The molecule has 0 N–H and O–H groups in total. The first kappa shape index (κ1) is 19.2. The van der Waals surface area contributed by atoms with Gasteiger partial charge in [0.05, 0.1) is 0 Å². The first-order chi connectivity index (χ1) is 1.00. The Kier molecular flexibility index (Phi) is 149. The minimum atomic E-state index is 0. The Morgan fingerprint density at radius 3 is 1.00 bits per heavy atom. The quantitative estimate of drug-likeness (QED) is 0.411. The first-order valence-electron chi connectivity index (χ1n) is 0.236. The maximum atomic E-state index is 7.75. The molecule has 1 nitrogen and oxygen atoms in total. The van der Waals surface area contributed by atoms with Crippen LogP contribution in [0.1, 0.15) is 0 Å². The third-order valence-electron chi connectivity index (χ3n) is 0.